The first-order valence-electron chi connectivity index (χ1n) is 15.0. The summed E-state index contributed by atoms with van der Waals surface area (Å²) in [5.41, 5.74) is 0. The van der Waals surface area contributed by atoms with Crippen LogP contribution in [0.15, 0.2) is 0 Å². The lowest BCUT2D eigenvalue weighted by atomic mass is 10.1. The van der Waals surface area contributed by atoms with Crippen LogP contribution in [0.2, 0.25) is 0 Å². The van der Waals surface area contributed by atoms with Gasteiger partial charge >= 0.3 is 11.9 Å². The maximum absolute atomic E-state index is 12.7. The number of hydrogen-bond acceptors (Lipinski definition) is 9. The summed E-state index contributed by atoms with van der Waals surface area (Å²) in [6, 6.07) is 0. The fourth-order valence-electron chi connectivity index (χ4n) is 4.60. The molecule has 0 aromatic heterocycles. The van der Waals surface area contributed by atoms with Gasteiger partial charge in [-0.15, -0.1) is 0 Å². The highest BCUT2D eigenvalue weighted by Crippen LogP contribution is 2.02. The van der Waals surface area contributed by atoms with E-state index in [0.717, 1.165) is 32.4 Å². The Morgan fingerprint density at radius 1 is 0.561 bits per heavy atom. The molecule has 0 unspecified atom stereocenters. The van der Waals surface area contributed by atoms with Gasteiger partial charge in [0.15, 0.2) is 0 Å². The monoisotopic (exact) mass is 584 g/mol. The van der Waals surface area contributed by atoms with Gasteiger partial charge in [-0.05, 0) is 25.8 Å². The molecular formula is C28H52N6O7. The van der Waals surface area contributed by atoms with Gasteiger partial charge in [-0.25, -0.2) is 0 Å². The summed E-state index contributed by atoms with van der Waals surface area (Å²) in [4.78, 5) is 66.5. The Balaban J connectivity index is 2.45. The van der Waals surface area contributed by atoms with Crippen LogP contribution < -0.4 is 10.6 Å². The molecule has 0 saturated carbocycles. The van der Waals surface area contributed by atoms with E-state index in [1.54, 1.807) is 4.90 Å². The van der Waals surface area contributed by atoms with Gasteiger partial charge in [0.2, 0.25) is 11.8 Å². The van der Waals surface area contributed by atoms with Crippen LogP contribution in [0.5, 0.6) is 0 Å². The minimum absolute atomic E-state index is 0.0130. The van der Waals surface area contributed by atoms with Crippen molar-refractivity contribution in [3.8, 4) is 0 Å². The van der Waals surface area contributed by atoms with Crippen molar-refractivity contribution >= 4 is 29.5 Å². The third kappa shape index (κ3) is 19.2. The molecule has 13 nitrogen and oxygen atoms in total. The summed E-state index contributed by atoms with van der Waals surface area (Å²) in [5.74, 6) is -1.74. The lowest BCUT2D eigenvalue weighted by Gasteiger charge is -2.33. The van der Waals surface area contributed by atoms with Crippen molar-refractivity contribution < 1.29 is 34.2 Å². The van der Waals surface area contributed by atoms with E-state index in [2.05, 4.69) is 22.5 Å². The minimum atomic E-state index is -0.940. The number of Topliss-reactive ketones (excluding diaryl/α,β-unsaturated/α-hetero) is 1. The van der Waals surface area contributed by atoms with Gasteiger partial charge in [-0.1, -0.05) is 20.3 Å². The Kier molecular flexibility index (Phi) is 19.6. The van der Waals surface area contributed by atoms with Crippen LogP contribution in [0.25, 0.3) is 0 Å². The predicted octanol–water partition coefficient (Wildman–Crippen LogP) is -0.0508. The lowest BCUT2D eigenvalue weighted by molar-refractivity contribution is -0.140. The number of aliphatic carboxylic acids is 2. The number of ketones is 1. The lowest BCUT2D eigenvalue weighted by Crippen LogP contribution is -2.49. The molecular weight excluding hydrogens is 532 g/mol. The van der Waals surface area contributed by atoms with E-state index in [4.69, 9.17) is 0 Å². The summed E-state index contributed by atoms with van der Waals surface area (Å²) in [7, 11) is 0. The zero-order valence-corrected chi connectivity index (χ0v) is 25.1. The second-order valence-electron chi connectivity index (χ2n) is 10.6. The number of carbonyl (C=O) groups excluding carboxylic acids is 3. The number of unbranched alkanes of at least 4 members (excludes halogenated alkanes) is 2. The summed E-state index contributed by atoms with van der Waals surface area (Å²) < 4.78 is 0. The van der Waals surface area contributed by atoms with Crippen LogP contribution in [0, 0.1) is 0 Å². The molecule has 0 spiro atoms. The molecule has 0 bridgehead atoms. The van der Waals surface area contributed by atoms with Crippen molar-refractivity contribution in [1.29, 1.82) is 0 Å². The van der Waals surface area contributed by atoms with E-state index in [0.29, 0.717) is 84.6 Å². The van der Waals surface area contributed by atoms with E-state index in [-0.39, 0.29) is 37.2 Å². The average Bonchev–Trinajstić information content (AvgIpc) is 2.92. The van der Waals surface area contributed by atoms with Crippen LogP contribution in [-0.2, 0) is 24.0 Å². The molecule has 0 aliphatic carbocycles. The van der Waals surface area contributed by atoms with E-state index >= 15 is 0 Å². The molecule has 1 fully saturated rings. The molecule has 1 saturated heterocycles. The van der Waals surface area contributed by atoms with E-state index in [1.807, 2.05) is 16.7 Å². The minimum Gasteiger partial charge on any atom is -0.480 e. The number of amides is 2. The number of rotatable bonds is 18. The number of nitrogens with one attached hydrogen (secondary N) is 2. The molecule has 0 aromatic carbocycles. The summed E-state index contributed by atoms with van der Waals surface area (Å²) in [6.07, 6.45) is 4.45. The maximum atomic E-state index is 12.7. The van der Waals surface area contributed by atoms with Crippen LogP contribution in [0.4, 0.5) is 0 Å². The number of carboxylic acids is 2. The molecule has 13 heteroatoms. The number of carboxylic acid groups (broad SMARTS) is 2. The molecule has 2 amide bonds. The van der Waals surface area contributed by atoms with Gasteiger partial charge in [-0.2, -0.15) is 0 Å². The quantitative estimate of drug-likeness (QED) is 0.160. The first-order valence-corrected chi connectivity index (χ1v) is 15.0. The molecule has 1 aliphatic heterocycles. The third-order valence-electron chi connectivity index (χ3n) is 7.21. The largest absolute Gasteiger partial charge is 0.480 e. The second kappa shape index (κ2) is 22.0. The topological polar surface area (TPSA) is 163 Å². The number of nitrogens with zero attached hydrogens (tertiary/aromatic N) is 4. The van der Waals surface area contributed by atoms with Gasteiger partial charge in [0.1, 0.15) is 5.78 Å². The fraction of sp³-hybridized carbons (Fsp3) is 0.821. The van der Waals surface area contributed by atoms with Crippen LogP contribution in [-0.4, -0.2) is 151 Å². The van der Waals surface area contributed by atoms with Crippen molar-refractivity contribution in [2.75, 3.05) is 91.6 Å². The van der Waals surface area contributed by atoms with Crippen LogP contribution >= 0.6 is 0 Å². The second-order valence-corrected chi connectivity index (χ2v) is 10.6. The Bertz CT molecular complexity index is 813. The van der Waals surface area contributed by atoms with Gasteiger partial charge < -0.3 is 25.7 Å². The zero-order valence-electron chi connectivity index (χ0n) is 25.1. The van der Waals surface area contributed by atoms with Crippen LogP contribution in [0.3, 0.4) is 0 Å². The Morgan fingerprint density at radius 2 is 1.02 bits per heavy atom. The molecule has 1 heterocycles. The molecule has 0 aromatic rings. The fourth-order valence-corrected chi connectivity index (χ4v) is 4.60. The SMILES string of the molecule is CCC(=O)CCCNC(=O)CCCCCNC(=O)CN1CCN(CC)CCN(CC(=O)O)CCN(CC(=O)O)CC1. The smallest absolute Gasteiger partial charge is 0.317 e. The van der Waals surface area contributed by atoms with E-state index in [9.17, 15) is 34.2 Å². The summed E-state index contributed by atoms with van der Waals surface area (Å²) in [6.45, 7) is 10.2. The first kappa shape index (κ1) is 36.4. The number of hydrogen-bond donors (Lipinski definition) is 4. The third-order valence-corrected chi connectivity index (χ3v) is 7.21. The van der Waals surface area contributed by atoms with E-state index < -0.39 is 11.9 Å². The van der Waals surface area contributed by atoms with Crippen LogP contribution in [0.1, 0.15) is 58.8 Å². The molecule has 0 radical (unpaired) electrons. The van der Waals surface area contributed by atoms with Gasteiger partial charge in [0, 0.05) is 84.7 Å². The highest BCUT2D eigenvalue weighted by molar-refractivity contribution is 5.78. The Hall–Kier alpha value is -2.61. The summed E-state index contributed by atoms with van der Waals surface area (Å²) >= 11 is 0. The molecule has 0 atom stereocenters. The molecule has 1 aliphatic rings. The molecule has 41 heavy (non-hydrogen) atoms. The Morgan fingerprint density at radius 3 is 1.51 bits per heavy atom. The van der Waals surface area contributed by atoms with E-state index in [1.165, 1.54) is 0 Å². The highest BCUT2D eigenvalue weighted by Gasteiger charge is 2.19. The molecule has 236 valence electrons. The van der Waals surface area contributed by atoms with Gasteiger partial charge in [-0.3, -0.25) is 38.7 Å². The molecule has 4 N–H and O–H groups in total. The van der Waals surface area contributed by atoms with Crippen molar-refractivity contribution in [2.45, 2.75) is 58.8 Å². The number of carbonyl (C=O) groups is 5. The van der Waals surface area contributed by atoms with Gasteiger partial charge in [0.05, 0.1) is 19.6 Å². The summed E-state index contributed by atoms with van der Waals surface area (Å²) in [5, 5.41) is 24.4. The highest BCUT2D eigenvalue weighted by atomic mass is 16.4. The molecule has 1 rings (SSSR count). The predicted molar refractivity (Wildman–Crippen MR) is 156 cm³/mol. The average molecular weight is 585 g/mol. The van der Waals surface area contributed by atoms with Crippen molar-refractivity contribution in [3.63, 3.8) is 0 Å². The zero-order chi connectivity index (χ0) is 30.5. The first-order chi connectivity index (χ1) is 19.6. The normalized spacial score (nSPS) is 16.8. The van der Waals surface area contributed by atoms with Crippen molar-refractivity contribution in [3.05, 3.63) is 0 Å². The standard InChI is InChI=1S/C28H52N6O7/c1-3-24(35)9-8-12-29-25(36)10-6-5-7-11-30-26(37)21-32-15-13-31(4-2)14-16-33(22-27(38)39)19-20-34(18-17-32)23-28(40)41/h3-23H2,1-2H3,(H,29,36)(H,30,37)(H,38,39)(H,40,41). The van der Waals surface area contributed by atoms with Gasteiger partial charge in [0.25, 0.3) is 0 Å². The van der Waals surface area contributed by atoms with Crippen molar-refractivity contribution in [2.24, 2.45) is 0 Å². The maximum Gasteiger partial charge on any atom is 0.317 e. The number of likely N-dealkylation sites (N-methyl/N-ethyl adjacent to an activating group) is 1. The van der Waals surface area contributed by atoms with Crippen molar-refractivity contribution in [1.82, 2.24) is 30.2 Å². The Labute approximate surface area is 244 Å².